The van der Waals surface area contributed by atoms with Gasteiger partial charge in [0.15, 0.2) is 5.58 Å². The summed E-state index contributed by atoms with van der Waals surface area (Å²) >= 11 is 0. The van der Waals surface area contributed by atoms with E-state index in [0.717, 1.165) is 52.2 Å². The Bertz CT molecular complexity index is 1320. The van der Waals surface area contributed by atoms with Crippen molar-refractivity contribution in [2.24, 2.45) is 0 Å². The normalized spacial score (nSPS) is 17.2. The minimum absolute atomic E-state index is 0.0708. The van der Waals surface area contributed by atoms with Gasteiger partial charge in [0.1, 0.15) is 5.52 Å². The molecule has 0 radical (unpaired) electrons. The first-order valence-electron chi connectivity index (χ1n) is 12.0. The molecule has 1 aromatic heterocycles. The number of nitrogens with one attached hydrogen (secondary N) is 1. The number of allylic oxidation sites excluding steroid dienone is 4. The molecule has 1 amide bonds. The molecule has 2 heterocycles. The van der Waals surface area contributed by atoms with Crippen LogP contribution in [0, 0.1) is 6.92 Å². The lowest BCUT2D eigenvalue weighted by Gasteiger charge is -2.35. The van der Waals surface area contributed by atoms with Crippen LogP contribution in [0.2, 0.25) is 0 Å². The van der Waals surface area contributed by atoms with Crippen molar-refractivity contribution in [2.45, 2.75) is 25.9 Å². The van der Waals surface area contributed by atoms with E-state index in [0.29, 0.717) is 38.5 Å². The molecule has 0 atom stereocenters. The standard InChI is InChI=1S/C27H27F3N4O2/c1-18-3-2-4-23-25(18)36-26(32-23)19-5-9-21(10-6-19)31-24(35)17-33-13-15-34(16-14-33)22-11-7-20(8-12-22)27(28,29)30/h2-5,7-9,11-12H,6,10,13-17H2,1H3,(H,31,35). The van der Waals surface area contributed by atoms with E-state index in [9.17, 15) is 18.0 Å². The largest absolute Gasteiger partial charge is 0.436 e. The van der Waals surface area contributed by atoms with Crippen molar-refractivity contribution in [3.63, 3.8) is 0 Å². The number of rotatable bonds is 5. The third-order valence-electron chi connectivity index (χ3n) is 6.64. The molecular formula is C27H27F3N4O2. The summed E-state index contributed by atoms with van der Waals surface area (Å²) in [4.78, 5) is 21.3. The maximum atomic E-state index is 12.8. The van der Waals surface area contributed by atoms with Gasteiger partial charge in [-0.15, -0.1) is 0 Å². The molecule has 9 heteroatoms. The van der Waals surface area contributed by atoms with Gasteiger partial charge in [0, 0.05) is 43.1 Å². The van der Waals surface area contributed by atoms with Gasteiger partial charge in [0.05, 0.1) is 12.1 Å². The molecule has 36 heavy (non-hydrogen) atoms. The maximum absolute atomic E-state index is 12.8. The number of anilines is 1. The van der Waals surface area contributed by atoms with Gasteiger partial charge in [-0.2, -0.15) is 13.2 Å². The van der Waals surface area contributed by atoms with Crippen molar-refractivity contribution in [3.8, 4) is 0 Å². The summed E-state index contributed by atoms with van der Waals surface area (Å²) in [5.41, 5.74) is 4.66. The van der Waals surface area contributed by atoms with Crippen LogP contribution in [-0.4, -0.2) is 48.5 Å². The highest BCUT2D eigenvalue weighted by Crippen LogP contribution is 2.31. The SMILES string of the molecule is Cc1cccc2nc(C3=CC=C(NC(=O)CN4CCN(c5ccc(C(F)(F)F)cc5)CC4)CC3)oc12. The predicted octanol–water partition coefficient (Wildman–Crippen LogP) is 5.15. The van der Waals surface area contributed by atoms with E-state index >= 15 is 0 Å². The minimum Gasteiger partial charge on any atom is -0.436 e. The summed E-state index contributed by atoms with van der Waals surface area (Å²) in [6, 6.07) is 11.1. The number of benzene rings is 2. The van der Waals surface area contributed by atoms with Crippen molar-refractivity contribution in [3.05, 3.63) is 77.3 Å². The molecule has 2 aliphatic rings. The minimum atomic E-state index is -4.33. The highest BCUT2D eigenvalue weighted by molar-refractivity contribution is 5.81. The van der Waals surface area contributed by atoms with Crippen LogP contribution in [0.15, 0.2) is 64.7 Å². The molecule has 2 aromatic carbocycles. The van der Waals surface area contributed by atoms with Gasteiger partial charge >= 0.3 is 6.18 Å². The zero-order valence-electron chi connectivity index (χ0n) is 19.9. The zero-order chi connectivity index (χ0) is 25.3. The molecule has 0 bridgehead atoms. The quantitative estimate of drug-likeness (QED) is 0.529. The fraction of sp³-hybridized carbons (Fsp3) is 0.333. The Morgan fingerprint density at radius 2 is 1.78 bits per heavy atom. The van der Waals surface area contributed by atoms with Crippen LogP contribution in [-0.2, 0) is 11.0 Å². The van der Waals surface area contributed by atoms with Crippen molar-refractivity contribution in [1.29, 1.82) is 0 Å². The summed E-state index contributed by atoms with van der Waals surface area (Å²) in [6.45, 7) is 4.89. The lowest BCUT2D eigenvalue weighted by atomic mass is 10.0. The summed E-state index contributed by atoms with van der Waals surface area (Å²) in [7, 11) is 0. The van der Waals surface area contributed by atoms with Crippen LogP contribution in [0.5, 0.6) is 0 Å². The smallest absolute Gasteiger partial charge is 0.416 e. The third-order valence-corrected chi connectivity index (χ3v) is 6.64. The Morgan fingerprint density at radius 1 is 1.03 bits per heavy atom. The molecule has 1 fully saturated rings. The van der Waals surface area contributed by atoms with Crippen LogP contribution in [0.3, 0.4) is 0 Å². The van der Waals surface area contributed by atoms with Crippen molar-refractivity contribution in [1.82, 2.24) is 15.2 Å². The molecule has 3 aromatic rings. The topological polar surface area (TPSA) is 61.6 Å². The Labute approximate surface area is 207 Å². The Kier molecular flexibility index (Phi) is 6.57. The second kappa shape index (κ2) is 9.81. The number of oxazole rings is 1. The van der Waals surface area contributed by atoms with Crippen molar-refractivity contribution in [2.75, 3.05) is 37.6 Å². The summed E-state index contributed by atoms with van der Waals surface area (Å²) in [5, 5.41) is 3.00. The molecule has 0 unspecified atom stereocenters. The van der Waals surface area contributed by atoms with Crippen molar-refractivity contribution < 1.29 is 22.4 Å². The molecule has 1 saturated heterocycles. The Morgan fingerprint density at radius 3 is 2.42 bits per heavy atom. The highest BCUT2D eigenvalue weighted by atomic mass is 19.4. The van der Waals surface area contributed by atoms with E-state index in [-0.39, 0.29) is 12.5 Å². The van der Waals surface area contributed by atoms with Crippen LogP contribution in [0.4, 0.5) is 18.9 Å². The molecule has 0 saturated carbocycles. The van der Waals surface area contributed by atoms with Gasteiger partial charge in [-0.25, -0.2) is 4.98 Å². The van der Waals surface area contributed by atoms with E-state index in [4.69, 9.17) is 4.42 Å². The maximum Gasteiger partial charge on any atom is 0.416 e. The average molecular weight is 497 g/mol. The van der Waals surface area contributed by atoms with Gasteiger partial charge in [-0.3, -0.25) is 9.69 Å². The molecule has 0 spiro atoms. The first kappa shape index (κ1) is 24.1. The Balaban J connectivity index is 1.12. The first-order valence-corrected chi connectivity index (χ1v) is 12.0. The molecule has 1 N–H and O–H groups in total. The van der Waals surface area contributed by atoms with Gasteiger partial charge < -0.3 is 14.6 Å². The number of alkyl halides is 3. The van der Waals surface area contributed by atoms with Crippen LogP contribution >= 0.6 is 0 Å². The highest BCUT2D eigenvalue weighted by Gasteiger charge is 2.30. The molecule has 5 rings (SSSR count). The number of para-hydroxylation sites is 1. The number of hydrogen-bond donors (Lipinski definition) is 1. The number of fused-ring (bicyclic) bond motifs is 1. The van der Waals surface area contributed by atoms with E-state index in [2.05, 4.69) is 15.2 Å². The molecule has 188 valence electrons. The fourth-order valence-electron chi connectivity index (χ4n) is 4.59. The number of amides is 1. The molecule has 6 nitrogen and oxygen atoms in total. The average Bonchev–Trinajstić information content (AvgIpc) is 3.30. The number of aryl methyl sites for hydroxylation is 1. The monoisotopic (exact) mass is 496 g/mol. The van der Waals surface area contributed by atoms with Crippen LogP contribution < -0.4 is 10.2 Å². The van der Waals surface area contributed by atoms with Gasteiger partial charge in [-0.05, 0) is 61.7 Å². The number of piperazine rings is 1. The molecule has 1 aliphatic carbocycles. The van der Waals surface area contributed by atoms with Gasteiger partial charge in [0.2, 0.25) is 11.8 Å². The first-order chi connectivity index (χ1) is 17.3. The van der Waals surface area contributed by atoms with E-state index < -0.39 is 11.7 Å². The molecular weight excluding hydrogens is 469 g/mol. The summed E-state index contributed by atoms with van der Waals surface area (Å²) in [5.74, 6) is 0.547. The van der Waals surface area contributed by atoms with Gasteiger partial charge in [0.25, 0.3) is 0 Å². The lowest BCUT2D eigenvalue weighted by Crippen LogP contribution is -2.49. The summed E-state index contributed by atoms with van der Waals surface area (Å²) < 4.78 is 44.3. The number of carbonyl (C=O) groups is 1. The Hall–Kier alpha value is -3.59. The third kappa shape index (κ3) is 5.31. The number of nitrogens with zero attached hydrogens (tertiary/aromatic N) is 3. The van der Waals surface area contributed by atoms with E-state index in [1.807, 2.05) is 42.2 Å². The van der Waals surface area contributed by atoms with Gasteiger partial charge in [-0.1, -0.05) is 18.2 Å². The van der Waals surface area contributed by atoms with Crippen LogP contribution in [0.1, 0.15) is 29.9 Å². The second-order valence-corrected chi connectivity index (χ2v) is 9.18. The number of hydrogen-bond acceptors (Lipinski definition) is 5. The number of aromatic nitrogens is 1. The van der Waals surface area contributed by atoms with E-state index in [1.165, 1.54) is 12.1 Å². The lowest BCUT2D eigenvalue weighted by molar-refractivity contribution is -0.137. The number of halogens is 3. The number of carbonyl (C=O) groups excluding carboxylic acids is 1. The zero-order valence-corrected chi connectivity index (χ0v) is 19.9. The van der Waals surface area contributed by atoms with Crippen molar-refractivity contribution >= 4 is 28.3 Å². The summed E-state index contributed by atoms with van der Waals surface area (Å²) in [6.07, 6.45) is 0.933. The van der Waals surface area contributed by atoms with Crippen LogP contribution in [0.25, 0.3) is 16.7 Å². The second-order valence-electron chi connectivity index (χ2n) is 9.18. The predicted molar refractivity (Wildman–Crippen MR) is 132 cm³/mol. The van der Waals surface area contributed by atoms with E-state index in [1.54, 1.807) is 0 Å². The molecule has 1 aliphatic heterocycles. The fourth-order valence-corrected chi connectivity index (χ4v) is 4.59.